The van der Waals surface area contributed by atoms with E-state index in [4.69, 9.17) is 5.73 Å². The maximum atomic E-state index is 10.5. The molecule has 0 fully saturated rings. The van der Waals surface area contributed by atoms with Crippen LogP contribution in [0.25, 0.3) is 0 Å². The van der Waals surface area contributed by atoms with Crippen molar-refractivity contribution in [1.82, 2.24) is 20.2 Å². The third kappa shape index (κ3) is 1.51. The molecule has 0 bridgehead atoms. The molecule has 6 nitrogen and oxygen atoms in total. The number of aromatic nitrogens is 4. The fraction of sp³-hybridized carbons (Fsp3) is 0.600. The molecule has 1 aromatic heterocycles. The van der Waals surface area contributed by atoms with E-state index in [1.54, 1.807) is 0 Å². The summed E-state index contributed by atoms with van der Waals surface area (Å²) in [4.78, 5) is 11.8. The number of rotatable bonds is 2. The quantitative estimate of drug-likeness (QED) is 0.615. The summed E-state index contributed by atoms with van der Waals surface area (Å²) in [6, 6.07) is 0.0931. The first-order valence-corrected chi connectivity index (χ1v) is 3.20. The molecule has 0 saturated heterocycles. The molecule has 6 heteroatoms. The van der Waals surface area contributed by atoms with E-state index < -0.39 is 5.91 Å². The number of carbonyl (C=O) groups excluding carboxylic acids is 1. The predicted molar refractivity (Wildman–Crippen MR) is 36.7 cm³/mol. The highest BCUT2D eigenvalue weighted by molar-refractivity contribution is 5.88. The van der Waals surface area contributed by atoms with E-state index >= 15 is 0 Å². The van der Waals surface area contributed by atoms with E-state index in [0.29, 0.717) is 0 Å². The van der Waals surface area contributed by atoms with Gasteiger partial charge in [0.05, 0.1) is 6.04 Å². The molecule has 1 rings (SSSR count). The fourth-order valence-corrected chi connectivity index (χ4v) is 0.543. The molecule has 0 aliphatic carbocycles. The Bertz CT molecular complexity index is 266. The second-order valence-corrected chi connectivity index (χ2v) is 2.39. The summed E-state index contributed by atoms with van der Waals surface area (Å²) < 4.78 is 0. The topological polar surface area (TPSA) is 86.7 Å². The normalized spacial score (nSPS) is 10.5. The standard InChI is InChI=1S/C5H9N5O/c1-3(2)10-8-5(4(6)11)7-9-10/h3H,1-2H3,(H2,6,11). The van der Waals surface area contributed by atoms with Crippen LogP contribution in [0.2, 0.25) is 0 Å². The molecule has 0 aromatic carbocycles. The Morgan fingerprint density at radius 3 is 2.55 bits per heavy atom. The van der Waals surface area contributed by atoms with Crippen LogP contribution in [0.3, 0.4) is 0 Å². The summed E-state index contributed by atoms with van der Waals surface area (Å²) in [5.41, 5.74) is 4.91. The number of carbonyl (C=O) groups is 1. The fourth-order valence-electron chi connectivity index (χ4n) is 0.543. The van der Waals surface area contributed by atoms with Gasteiger partial charge in [0.25, 0.3) is 11.7 Å². The summed E-state index contributed by atoms with van der Waals surface area (Å²) in [7, 11) is 0. The lowest BCUT2D eigenvalue weighted by Gasteiger charge is -1.98. The number of amides is 1. The average Bonchev–Trinajstić information content (AvgIpc) is 2.33. The molecular weight excluding hydrogens is 146 g/mol. The molecule has 1 amide bonds. The smallest absolute Gasteiger partial charge is 0.290 e. The van der Waals surface area contributed by atoms with E-state index in [0.717, 1.165) is 0 Å². The molecule has 1 heterocycles. The lowest BCUT2D eigenvalue weighted by molar-refractivity contribution is 0.0990. The molecule has 1 aromatic rings. The zero-order chi connectivity index (χ0) is 8.43. The summed E-state index contributed by atoms with van der Waals surface area (Å²) in [5.74, 6) is -0.699. The minimum atomic E-state index is -0.656. The van der Waals surface area contributed by atoms with E-state index in [2.05, 4.69) is 15.4 Å². The van der Waals surface area contributed by atoms with Gasteiger partial charge in [-0.2, -0.15) is 4.80 Å². The lowest BCUT2D eigenvalue weighted by Crippen LogP contribution is -2.14. The summed E-state index contributed by atoms with van der Waals surface area (Å²) in [6.45, 7) is 3.76. The maximum absolute atomic E-state index is 10.5. The summed E-state index contributed by atoms with van der Waals surface area (Å²) >= 11 is 0. The van der Waals surface area contributed by atoms with E-state index in [1.165, 1.54) is 4.80 Å². The van der Waals surface area contributed by atoms with Crippen molar-refractivity contribution in [2.45, 2.75) is 19.9 Å². The Balaban J connectivity index is 2.90. The molecule has 0 unspecified atom stereocenters. The molecule has 0 aliphatic rings. The Morgan fingerprint density at radius 2 is 2.27 bits per heavy atom. The third-order valence-electron chi connectivity index (χ3n) is 1.11. The Kier molecular flexibility index (Phi) is 1.84. The SMILES string of the molecule is CC(C)n1nnc(C(N)=O)n1. The maximum Gasteiger partial charge on any atom is 0.290 e. The van der Waals surface area contributed by atoms with Gasteiger partial charge in [-0.3, -0.25) is 4.79 Å². The molecule has 0 atom stereocenters. The number of hydrogen-bond acceptors (Lipinski definition) is 4. The van der Waals surface area contributed by atoms with Gasteiger partial charge in [-0.25, -0.2) is 0 Å². The van der Waals surface area contributed by atoms with Gasteiger partial charge in [-0.05, 0) is 19.1 Å². The van der Waals surface area contributed by atoms with E-state index in [-0.39, 0.29) is 11.9 Å². The Labute approximate surface area is 63.4 Å². The second kappa shape index (κ2) is 2.65. The van der Waals surface area contributed by atoms with Gasteiger partial charge in [0.1, 0.15) is 0 Å². The number of nitrogens with two attached hydrogens (primary N) is 1. The van der Waals surface area contributed by atoms with Crippen molar-refractivity contribution in [3.05, 3.63) is 5.82 Å². The molecule has 2 N–H and O–H groups in total. The van der Waals surface area contributed by atoms with Crippen molar-refractivity contribution >= 4 is 5.91 Å². The van der Waals surface area contributed by atoms with Crippen molar-refractivity contribution in [1.29, 1.82) is 0 Å². The first-order chi connectivity index (χ1) is 5.11. The van der Waals surface area contributed by atoms with Gasteiger partial charge < -0.3 is 5.73 Å². The summed E-state index contributed by atoms with van der Waals surface area (Å²) in [5, 5.41) is 10.8. The van der Waals surface area contributed by atoms with Gasteiger partial charge in [0.2, 0.25) is 0 Å². The minimum absolute atomic E-state index is 0.0429. The average molecular weight is 155 g/mol. The Morgan fingerprint density at radius 1 is 1.64 bits per heavy atom. The van der Waals surface area contributed by atoms with Crippen LogP contribution in [0.15, 0.2) is 0 Å². The summed E-state index contributed by atoms with van der Waals surface area (Å²) in [6.07, 6.45) is 0. The van der Waals surface area contributed by atoms with Crippen molar-refractivity contribution in [3.8, 4) is 0 Å². The molecule has 0 spiro atoms. The van der Waals surface area contributed by atoms with E-state index in [1.807, 2.05) is 13.8 Å². The Hall–Kier alpha value is -1.46. The van der Waals surface area contributed by atoms with Gasteiger partial charge in [-0.1, -0.05) is 0 Å². The zero-order valence-corrected chi connectivity index (χ0v) is 6.35. The van der Waals surface area contributed by atoms with Gasteiger partial charge >= 0.3 is 0 Å². The zero-order valence-electron chi connectivity index (χ0n) is 6.35. The first kappa shape index (κ1) is 7.64. The number of primary amides is 1. The molecule has 0 aliphatic heterocycles. The van der Waals surface area contributed by atoms with Gasteiger partial charge in [0, 0.05) is 0 Å². The van der Waals surface area contributed by atoms with Crippen molar-refractivity contribution in [3.63, 3.8) is 0 Å². The highest BCUT2D eigenvalue weighted by atomic mass is 16.1. The third-order valence-corrected chi connectivity index (χ3v) is 1.11. The lowest BCUT2D eigenvalue weighted by atomic mass is 10.4. The molecule has 11 heavy (non-hydrogen) atoms. The molecular formula is C5H9N5O. The number of tetrazole rings is 1. The van der Waals surface area contributed by atoms with Crippen LogP contribution in [0, 0.1) is 0 Å². The minimum Gasteiger partial charge on any atom is -0.363 e. The van der Waals surface area contributed by atoms with Crippen LogP contribution in [0.4, 0.5) is 0 Å². The van der Waals surface area contributed by atoms with Crippen LogP contribution in [-0.2, 0) is 0 Å². The highest BCUT2D eigenvalue weighted by Crippen LogP contribution is 1.96. The van der Waals surface area contributed by atoms with Gasteiger partial charge in [-0.15, -0.1) is 10.2 Å². The number of hydrogen-bond donors (Lipinski definition) is 1. The highest BCUT2D eigenvalue weighted by Gasteiger charge is 2.09. The van der Waals surface area contributed by atoms with Crippen LogP contribution < -0.4 is 5.73 Å². The molecule has 0 radical (unpaired) electrons. The van der Waals surface area contributed by atoms with Crippen LogP contribution >= 0.6 is 0 Å². The first-order valence-electron chi connectivity index (χ1n) is 3.20. The van der Waals surface area contributed by atoms with Crippen LogP contribution in [0.1, 0.15) is 30.5 Å². The van der Waals surface area contributed by atoms with Crippen molar-refractivity contribution in [2.75, 3.05) is 0 Å². The second-order valence-electron chi connectivity index (χ2n) is 2.39. The van der Waals surface area contributed by atoms with E-state index in [9.17, 15) is 4.79 Å². The predicted octanol–water partition coefficient (Wildman–Crippen LogP) is -0.647. The van der Waals surface area contributed by atoms with Gasteiger partial charge in [0.15, 0.2) is 0 Å². The molecule has 0 saturated carbocycles. The largest absolute Gasteiger partial charge is 0.363 e. The van der Waals surface area contributed by atoms with Crippen LogP contribution in [-0.4, -0.2) is 26.1 Å². The number of nitrogens with zero attached hydrogens (tertiary/aromatic N) is 4. The van der Waals surface area contributed by atoms with Crippen molar-refractivity contribution in [2.24, 2.45) is 5.73 Å². The monoisotopic (exact) mass is 155 g/mol. The molecule has 60 valence electrons. The van der Waals surface area contributed by atoms with Crippen molar-refractivity contribution < 1.29 is 4.79 Å². The van der Waals surface area contributed by atoms with Crippen LogP contribution in [0.5, 0.6) is 0 Å².